The second-order valence-electron chi connectivity index (χ2n) is 9.28. The van der Waals surface area contributed by atoms with Gasteiger partial charge in [0.25, 0.3) is 0 Å². The predicted octanol–water partition coefficient (Wildman–Crippen LogP) is 1.98. The summed E-state index contributed by atoms with van der Waals surface area (Å²) in [6.45, 7) is 2.40. The zero-order valence-electron chi connectivity index (χ0n) is 26.4. The molecule has 0 fully saturated rings. The summed E-state index contributed by atoms with van der Waals surface area (Å²) < 4.78 is 9.29. The minimum atomic E-state index is -1.36. The fourth-order valence-corrected chi connectivity index (χ4v) is 3.97. The molecule has 1 aliphatic heterocycles. The molecular weight excluding hydrogens is 664 g/mol. The number of carbonyl (C=O) groups excluding carboxylic acids is 6. The van der Waals surface area contributed by atoms with Crippen molar-refractivity contribution in [2.75, 3.05) is 4.90 Å². The molecule has 0 saturated carbocycles. The Morgan fingerprint density at radius 3 is 1.16 bits per heavy atom. The van der Waals surface area contributed by atoms with Crippen LogP contribution in [0, 0.1) is 0 Å². The maximum absolute atomic E-state index is 11.8. The van der Waals surface area contributed by atoms with Gasteiger partial charge in [0.05, 0.1) is 23.3 Å². The van der Waals surface area contributed by atoms with Crippen LogP contribution in [0.4, 0.5) is 21.0 Å². The molecule has 0 bridgehead atoms. The van der Waals surface area contributed by atoms with Gasteiger partial charge in [-0.15, -0.1) is 0 Å². The molecule has 0 saturated heterocycles. The van der Waals surface area contributed by atoms with E-state index in [2.05, 4.69) is 20.9 Å². The summed E-state index contributed by atoms with van der Waals surface area (Å²) in [7, 11) is 0. The first-order chi connectivity index (χ1) is 22.7. The number of carboxylic acid groups (broad SMARTS) is 2. The molecule has 0 unspecified atom stereocenters. The Bertz CT molecular complexity index is 1720. The number of anilines is 2. The summed E-state index contributed by atoms with van der Waals surface area (Å²) in [4.78, 5) is 64.4. The molecular formula is C34H30CaN4O10. The quantitative estimate of drug-likeness (QED) is 0.159. The SMILES string of the molecule is CC(=O)Oc1ccccc1C(=O)[O-].CC(=O)Oc1ccccc1C(=O)[O-].NC(=O)N1c2ccccc2C=Cc2ccccc21.NC(N)=O.[Ca+2]. The van der Waals surface area contributed by atoms with Crippen LogP contribution in [0.5, 0.6) is 11.5 Å². The number of hydrogen-bond donors (Lipinski definition) is 3. The van der Waals surface area contributed by atoms with E-state index in [1.165, 1.54) is 50.2 Å². The summed E-state index contributed by atoms with van der Waals surface area (Å²) in [5.74, 6) is -3.83. The second kappa shape index (κ2) is 20.5. The largest absolute Gasteiger partial charge is 2.00 e. The topological polar surface area (TPSA) is 248 Å². The van der Waals surface area contributed by atoms with E-state index < -0.39 is 35.9 Å². The summed E-state index contributed by atoms with van der Waals surface area (Å²) in [6, 6.07) is 25.7. The number of ether oxygens (including phenoxy) is 2. The molecule has 0 radical (unpaired) electrons. The van der Waals surface area contributed by atoms with Crippen LogP contribution >= 0.6 is 0 Å². The number of esters is 2. The number of carboxylic acids is 2. The van der Waals surface area contributed by atoms with Gasteiger partial charge in [-0.2, -0.15) is 0 Å². The van der Waals surface area contributed by atoms with Gasteiger partial charge in [0.1, 0.15) is 11.5 Å². The standard InChI is InChI=1S/C15H12N2O.2C9H8O4.CH4N2O.Ca/c16-15(18)17-13-7-3-1-5-11(13)9-10-12-6-2-4-8-14(12)17;2*1-6(10)13-8-5-3-2-4-7(8)9(11)12;2-1(3)4;/h1-10H,(H2,16,18);2*2-5H,1H3,(H,11,12);(H4,2,3,4);/q;;;;+2/p-2. The summed E-state index contributed by atoms with van der Waals surface area (Å²) in [5, 5.41) is 21.0. The molecule has 0 aromatic heterocycles. The number of rotatable bonds is 4. The van der Waals surface area contributed by atoms with E-state index in [0.29, 0.717) is 0 Å². The van der Waals surface area contributed by atoms with Crippen LogP contribution < -0.4 is 41.8 Å². The van der Waals surface area contributed by atoms with Gasteiger partial charge >= 0.3 is 61.7 Å². The van der Waals surface area contributed by atoms with Crippen molar-refractivity contribution in [1.29, 1.82) is 0 Å². The normalized spacial score (nSPS) is 10.0. The third-order valence-electron chi connectivity index (χ3n) is 5.74. The molecule has 4 amide bonds. The number of fused-ring (bicyclic) bond motifs is 2. The number of aromatic carboxylic acids is 2. The second-order valence-corrected chi connectivity index (χ2v) is 9.28. The Hall–Kier alpha value is -5.70. The average Bonchev–Trinajstić information content (AvgIpc) is 3.18. The maximum Gasteiger partial charge on any atom is 2.00 e. The van der Waals surface area contributed by atoms with Crippen LogP contribution in [0.15, 0.2) is 97.1 Å². The van der Waals surface area contributed by atoms with Gasteiger partial charge in [0, 0.05) is 25.0 Å². The number of benzene rings is 4. The minimum absolute atomic E-state index is 0. The first-order valence-corrected chi connectivity index (χ1v) is 13.7. The minimum Gasteiger partial charge on any atom is -0.545 e. The Labute approximate surface area is 310 Å². The van der Waals surface area contributed by atoms with Crippen LogP contribution in [0.1, 0.15) is 45.7 Å². The van der Waals surface area contributed by atoms with E-state index in [0.717, 1.165) is 22.5 Å². The van der Waals surface area contributed by atoms with E-state index in [1.807, 2.05) is 60.7 Å². The van der Waals surface area contributed by atoms with Crippen LogP contribution in [0.2, 0.25) is 0 Å². The van der Waals surface area contributed by atoms with E-state index in [1.54, 1.807) is 17.0 Å². The third-order valence-corrected chi connectivity index (χ3v) is 5.74. The van der Waals surface area contributed by atoms with E-state index >= 15 is 0 Å². The molecule has 0 aliphatic carbocycles. The number of para-hydroxylation sites is 4. The van der Waals surface area contributed by atoms with Crippen LogP contribution in [-0.2, 0) is 9.59 Å². The number of nitrogens with zero attached hydrogens (tertiary/aromatic N) is 1. The Morgan fingerprint density at radius 2 is 0.857 bits per heavy atom. The first-order valence-electron chi connectivity index (χ1n) is 13.7. The molecule has 49 heavy (non-hydrogen) atoms. The van der Waals surface area contributed by atoms with Crippen molar-refractivity contribution in [3.05, 3.63) is 119 Å². The van der Waals surface area contributed by atoms with Crippen LogP contribution in [0.25, 0.3) is 12.2 Å². The van der Waals surface area contributed by atoms with Crippen molar-refractivity contribution >= 4 is 97.2 Å². The van der Waals surface area contributed by atoms with Crippen molar-refractivity contribution < 1.29 is 48.5 Å². The smallest absolute Gasteiger partial charge is 0.545 e. The number of carbonyl (C=O) groups is 6. The molecule has 1 aliphatic rings. The zero-order chi connectivity index (χ0) is 35.8. The predicted molar refractivity (Wildman–Crippen MR) is 177 cm³/mol. The molecule has 0 spiro atoms. The Morgan fingerprint density at radius 1 is 0.551 bits per heavy atom. The monoisotopic (exact) mass is 694 g/mol. The van der Waals surface area contributed by atoms with Crippen molar-refractivity contribution in [2.24, 2.45) is 17.2 Å². The van der Waals surface area contributed by atoms with Gasteiger partial charge in [-0.3, -0.25) is 14.5 Å². The van der Waals surface area contributed by atoms with Gasteiger partial charge in [0.15, 0.2) is 0 Å². The van der Waals surface area contributed by atoms with Gasteiger partial charge in [-0.25, -0.2) is 9.59 Å². The number of primary amides is 3. The molecule has 6 N–H and O–H groups in total. The van der Waals surface area contributed by atoms with E-state index in [4.69, 9.17) is 10.5 Å². The van der Waals surface area contributed by atoms with Crippen molar-refractivity contribution in [3.63, 3.8) is 0 Å². The van der Waals surface area contributed by atoms with Gasteiger partial charge in [-0.05, 0) is 47.5 Å². The van der Waals surface area contributed by atoms with Crippen LogP contribution in [-0.4, -0.2) is 73.7 Å². The Balaban J connectivity index is 0.000000351. The molecule has 1 heterocycles. The fourth-order valence-electron chi connectivity index (χ4n) is 3.97. The summed E-state index contributed by atoms with van der Waals surface area (Å²) >= 11 is 0. The van der Waals surface area contributed by atoms with E-state index in [-0.39, 0.29) is 60.4 Å². The molecule has 15 heteroatoms. The summed E-state index contributed by atoms with van der Waals surface area (Å²) in [6.07, 6.45) is 3.99. The van der Waals surface area contributed by atoms with Gasteiger partial charge in [-0.1, -0.05) is 72.8 Å². The number of nitrogens with two attached hydrogens (primary N) is 3. The number of amides is 4. The average molecular weight is 695 g/mol. The van der Waals surface area contributed by atoms with Crippen molar-refractivity contribution in [2.45, 2.75) is 13.8 Å². The van der Waals surface area contributed by atoms with Gasteiger partial charge < -0.3 is 46.5 Å². The maximum atomic E-state index is 11.8. The molecule has 5 rings (SSSR count). The zero-order valence-corrected chi connectivity index (χ0v) is 28.6. The fraction of sp³-hybridized carbons (Fsp3) is 0.0588. The molecule has 4 aromatic carbocycles. The van der Waals surface area contributed by atoms with E-state index in [9.17, 15) is 34.2 Å². The molecule has 0 atom stereocenters. The van der Waals surface area contributed by atoms with Gasteiger partial charge in [0.2, 0.25) is 0 Å². The van der Waals surface area contributed by atoms with Crippen LogP contribution in [0.3, 0.4) is 0 Å². The molecule has 4 aromatic rings. The van der Waals surface area contributed by atoms with Crippen molar-refractivity contribution in [1.82, 2.24) is 0 Å². The number of hydrogen-bond acceptors (Lipinski definition) is 10. The molecule has 14 nitrogen and oxygen atoms in total. The van der Waals surface area contributed by atoms with Crippen molar-refractivity contribution in [3.8, 4) is 11.5 Å². The number of urea groups is 2. The summed E-state index contributed by atoms with van der Waals surface area (Å²) in [5.41, 5.74) is 17.4. The first kappa shape index (κ1) is 41.3. The Kier molecular flexibility index (Phi) is 17.3. The molecule has 248 valence electrons. The third kappa shape index (κ3) is 13.5.